The summed E-state index contributed by atoms with van der Waals surface area (Å²) in [6.07, 6.45) is 0. The summed E-state index contributed by atoms with van der Waals surface area (Å²) in [4.78, 5) is 12.2. The third-order valence-corrected chi connectivity index (χ3v) is 6.03. The normalized spacial score (nSPS) is 10.9. The zero-order valence-corrected chi connectivity index (χ0v) is 15.2. The number of aromatic nitrogens is 2. The summed E-state index contributed by atoms with van der Waals surface area (Å²) in [5.74, 6) is 0.0434. The van der Waals surface area contributed by atoms with Crippen LogP contribution in [0.4, 0.5) is 0 Å². The number of carbonyl (C=O) groups is 1. The van der Waals surface area contributed by atoms with E-state index in [1.807, 2.05) is 19.9 Å². The van der Waals surface area contributed by atoms with Crippen LogP contribution in [0.25, 0.3) is 0 Å². The van der Waals surface area contributed by atoms with E-state index in [0.29, 0.717) is 5.56 Å². The van der Waals surface area contributed by atoms with Gasteiger partial charge in [0, 0.05) is 5.56 Å². The Morgan fingerprint density at radius 3 is 2.50 bits per heavy atom. The summed E-state index contributed by atoms with van der Waals surface area (Å²) in [5, 5.41) is 4.34. The summed E-state index contributed by atoms with van der Waals surface area (Å²) >= 11 is 11.7. The molecule has 0 aliphatic carbocycles. The Kier molecular flexibility index (Phi) is 4.46. The minimum Gasteiger partial charge on any atom is -0.292 e. The number of aryl methyl sites for hydroxylation is 1. The van der Waals surface area contributed by atoms with Crippen molar-refractivity contribution in [1.29, 1.82) is 0 Å². The highest BCUT2D eigenvalue weighted by Crippen LogP contribution is 2.32. The third-order valence-electron chi connectivity index (χ3n) is 2.54. The minimum absolute atomic E-state index is 0.0434. The number of rotatable bonds is 3. The number of nitrogens with zero attached hydrogens (tertiary/aromatic N) is 2. The predicted molar refractivity (Wildman–Crippen MR) is 83.5 cm³/mol. The molecule has 0 saturated heterocycles. The molecule has 2 aromatic rings. The molecule has 96 valence electrons. The van der Waals surface area contributed by atoms with E-state index in [-0.39, 0.29) is 12.3 Å². The van der Waals surface area contributed by atoms with Crippen LogP contribution >= 0.6 is 59.1 Å². The molecule has 0 radical (unpaired) electrons. The van der Waals surface area contributed by atoms with Crippen LogP contribution < -0.4 is 0 Å². The number of carbonyl (C=O) groups excluding carboxylic acids is 1. The highest BCUT2D eigenvalue weighted by atomic mass is 79.9. The Labute approximate surface area is 134 Å². The summed E-state index contributed by atoms with van der Waals surface area (Å²) in [5.41, 5.74) is 2.55. The Bertz CT molecular complexity index is 618. The Balaban J connectivity index is 2.27. The molecule has 0 aromatic carbocycles. The van der Waals surface area contributed by atoms with Gasteiger partial charge in [-0.1, -0.05) is 0 Å². The van der Waals surface area contributed by atoms with Crippen LogP contribution in [-0.4, -0.2) is 15.6 Å². The molecule has 0 unspecified atom stereocenters. The lowest BCUT2D eigenvalue weighted by Gasteiger charge is -2.03. The van der Waals surface area contributed by atoms with Gasteiger partial charge < -0.3 is 0 Å². The van der Waals surface area contributed by atoms with Gasteiger partial charge in [0.2, 0.25) is 0 Å². The summed E-state index contributed by atoms with van der Waals surface area (Å²) in [6, 6.07) is 1.83. The molecule has 2 rings (SSSR count). The van der Waals surface area contributed by atoms with Crippen molar-refractivity contribution in [2.45, 2.75) is 20.4 Å². The van der Waals surface area contributed by atoms with E-state index < -0.39 is 0 Å². The number of hydrogen-bond acceptors (Lipinski definition) is 3. The maximum atomic E-state index is 12.2. The molecule has 0 bridgehead atoms. The van der Waals surface area contributed by atoms with Crippen LogP contribution in [0.15, 0.2) is 18.1 Å². The lowest BCUT2D eigenvalue weighted by Crippen LogP contribution is -2.12. The van der Waals surface area contributed by atoms with Gasteiger partial charge in [0.1, 0.15) is 6.54 Å². The number of halogens is 3. The second kappa shape index (κ2) is 5.56. The first-order valence-electron chi connectivity index (χ1n) is 5.07. The topological polar surface area (TPSA) is 34.9 Å². The van der Waals surface area contributed by atoms with Gasteiger partial charge in [0.15, 0.2) is 5.78 Å². The molecular weight excluding hydrogens is 448 g/mol. The Morgan fingerprint density at radius 2 is 2.06 bits per heavy atom. The van der Waals surface area contributed by atoms with E-state index in [0.717, 1.165) is 23.4 Å². The molecule has 0 saturated carbocycles. The first-order chi connectivity index (χ1) is 8.40. The fourth-order valence-corrected chi connectivity index (χ4v) is 4.72. The van der Waals surface area contributed by atoms with Gasteiger partial charge in [-0.25, -0.2) is 0 Å². The molecule has 0 aliphatic rings. The molecule has 0 amide bonds. The average molecular weight is 457 g/mol. The maximum Gasteiger partial charge on any atom is 0.186 e. The Morgan fingerprint density at radius 1 is 1.39 bits per heavy atom. The SMILES string of the molecule is Cc1nn(CC(=O)c2cc(Br)sc2Br)c(C)c1Br. The zero-order valence-electron chi connectivity index (χ0n) is 9.63. The predicted octanol–water partition coefficient (Wildman–Crippen LogP) is 4.73. The number of thiophene rings is 1. The fourth-order valence-electron chi connectivity index (χ4n) is 1.58. The highest BCUT2D eigenvalue weighted by Gasteiger charge is 2.17. The molecule has 7 heteroatoms. The van der Waals surface area contributed by atoms with E-state index in [9.17, 15) is 4.79 Å². The van der Waals surface area contributed by atoms with Crippen molar-refractivity contribution < 1.29 is 4.79 Å². The highest BCUT2D eigenvalue weighted by molar-refractivity contribution is 9.12. The molecule has 3 nitrogen and oxygen atoms in total. The fraction of sp³-hybridized carbons (Fsp3) is 0.273. The van der Waals surface area contributed by atoms with Crippen molar-refractivity contribution in [1.82, 2.24) is 9.78 Å². The van der Waals surface area contributed by atoms with Crippen molar-refractivity contribution >= 4 is 64.9 Å². The van der Waals surface area contributed by atoms with Crippen LogP contribution in [0.3, 0.4) is 0 Å². The lowest BCUT2D eigenvalue weighted by molar-refractivity contribution is 0.0966. The van der Waals surface area contributed by atoms with E-state index >= 15 is 0 Å². The van der Waals surface area contributed by atoms with Crippen LogP contribution in [0.5, 0.6) is 0 Å². The van der Waals surface area contributed by atoms with Gasteiger partial charge in [-0.15, -0.1) is 11.3 Å². The van der Waals surface area contributed by atoms with E-state index in [1.54, 1.807) is 4.68 Å². The first kappa shape index (κ1) is 14.4. The molecule has 2 heterocycles. The molecule has 0 N–H and O–H groups in total. The largest absolute Gasteiger partial charge is 0.292 e. The van der Waals surface area contributed by atoms with Crippen LogP contribution in [0.2, 0.25) is 0 Å². The van der Waals surface area contributed by atoms with Gasteiger partial charge in [-0.2, -0.15) is 5.10 Å². The van der Waals surface area contributed by atoms with Crippen molar-refractivity contribution in [2.75, 3.05) is 0 Å². The molecule has 0 spiro atoms. The quantitative estimate of drug-likeness (QED) is 0.626. The molecule has 0 fully saturated rings. The van der Waals surface area contributed by atoms with Crippen molar-refractivity contribution in [3.63, 3.8) is 0 Å². The van der Waals surface area contributed by atoms with Gasteiger partial charge in [-0.05, 0) is 67.7 Å². The van der Waals surface area contributed by atoms with Crippen molar-refractivity contribution in [3.05, 3.63) is 35.1 Å². The molecule has 18 heavy (non-hydrogen) atoms. The van der Waals surface area contributed by atoms with E-state index in [4.69, 9.17) is 0 Å². The number of Topliss-reactive ketones (excluding diaryl/α,β-unsaturated/α-hetero) is 1. The molecular formula is C11H9Br3N2OS. The van der Waals surface area contributed by atoms with Crippen molar-refractivity contribution in [3.8, 4) is 0 Å². The van der Waals surface area contributed by atoms with Gasteiger partial charge in [0.25, 0.3) is 0 Å². The zero-order chi connectivity index (χ0) is 13.4. The molecule has 0 atom stereocenters. The van der Waals surface area contributed by atoms with Gasteiger partial charge >= 0.3 is 0 Å². The summed E-state index contributed by atoms with van der Waals surface area (Å²) in [7, 11) is 0. The van der Waals surface area contributed by atoms with Gasteiger partial charge in [0.05, 0.1) is 23.4 Å². The lowest BCUT2D eigenvalue weighted by atomic mass is 10.2. The molecule has 2 aromatic heterocycles. The standard InChI is InChI=1S/C11H9Br3N2OS/c1-5-10(13)6(2)16(15-5)4-8(17)7-3-9(12)18-11(7)14/h3H,4H2,1-2H3. The monoisotopic (exact) mass is 454 g/mol. The third kappa shape index (κ3) is 2.79. The Hall–Kier alpha value is 0.0200. The first-order valence-corrected chi connectivity index (χ1v) is 8.27. The van der Waals surface area contributed by atoms with Crippen LogP contribution in [0, 0.1) is 13.8 Å². The summed E-state index contributed by atoms with van der Waals surface area (Å²) in [6.45, 7) is 4.10. The number of ketones is 1. The maximum absolute atomic E-state index is 12.2. The van der Waals surface area contributed by atoms with E-state index in [1.165, 1.54) is 11.3 Å². The second-order valence-corrected chi connectivity index (χ2v) is 8.35. The number of hydrogen-bond donors (Lipinski definition) is 0. The van der Waals surface area contributed by atoms with Crippen molar-refractivity contribution in [2.24, 2.45) is 0 Å². The summed E-state index contributed by atoms with van der Waals surface area (Å²) < 4.78 is 4.47. The smallest absolute Gasteiger partial charge is 0.186 e. The molecule has 0 aliphatic heterocycles. The van der Waals surface area contributed by atoms with Gasteiger partial charge in [-0.3, -0.25) is 9.48 Å². The second-order valence-electron chi connectivity index (χ2n) is 3.80. The van der Waals surface area contributed by atoms with Crippen LogP contribution in [-0.2, 0) is 6.54 Å². The average Bonchev–Trinajstić information content (AvgIpc) is 2.75. The van der Waals surface area contributed by atoms with Crippen LogP contribution in [0.1, 0.15) is 21.7 Å². The van der Waals surface area contributed by atoms with E-state index in [2.05, 4.69) is 52.9 Å². The minimum atomic E-state index is 0.0434.